The standard InChI is InChI=1S/C18H19N3O2/c1-3-13(21-2)11-8-12(19)14-15(16(11)20)18(23)10-7-5-4-6-9(10)17(14)22/h4-8,13,21H,3,19-20H2,1-2H3. The van der Waals surface area contributed by atoms with E-state index in [9.17, 15) is 9.59 Å². The number of carbonyl (C=O) groups is 2. The van der Waals surface area contributed by atoms with Crippen molar-refractivity contribution in [2.45, 2.75) is 19.4 Å². The lowest BCUT2D eigenvalue weighted by Crippen LogP contribution is -2.26. The molecular weight excluding hydrogens is 290 g/mol. The third-order valence-corrected chi connectivity index (χ3v) is 4.43. The van der Waals surface area contributed by atoms with Crippen molar-refractivity contribution >= 4 is 22.9 Å². The van der Waals surface area contributed by atoms with Gasteiger partial charge in [0.05, 0.1) is 11.1 Å². The van der Waals surface area contributed by atoms with Gasteiger partial charge in [-0.3, -0.25) is 9.59 Å². The van der Waals surface area contributed by atoms with Crippen molar-refractivity contribution in [3.63, 3.8) is 0 Å². The van der Waals surface area contributed by atoms with Crippen LogP contribution < -0.4 is 16.8 Å². The third-order valence-electron chi connectivity index (χ3n) is 4.43. The molecule has 0 spiro atoms. The summed E-state index contributed by atoms with van der Waals surface area (Å²) in [6, 6.07) is 8.44. The molecule has 5 N–H and O–H groups in total. The van der Waals surface area contributed by atoms with Crippen molar-refractivity contribution in [1.29, 1.82) is 0 Å². The van der Waals surface area contributed by atoms with Gasteiger partial charge in [0.1, 0.15) is 0 Å². The van der Waals surface area contributed by atoms with E-state index in [1.165, 1.54) is 0 Å². The minimum absolute atomic E-state index is 0.0253. The largest absolute Gasteiger partial charge is 0.398 e. The Hall–Kier alpha value is -2.66. The Balaban J connectivity index is 2.31. The maximum absolute atomic E-state index is 12.9. The van der Waals surface area contributed by atoms with Crippen LogP contribution in [0.25, 0.3) is 0 Å². The summed E-state index contributed by atoms with van der Waals surface area (Å²) in [7, 11) is 1.82. The summed E-state index contributed by atoms with van der Waals surface area (Å²) in [5.74, 6) is -0.490. The first-order chi connectivity index (χ1) is 11.0. The molecule has 3 rings (SSSR count). The van der Waals surface area contributed by atoms with Crippen molar-refractivity contribution in [2.75, 3.05) is 18.5 Å². The lowest BCUT2D eigenvalue weighted by Gasteiger charge is -2.25. The Morgan fingerprint density at radius 1 is 1.04 bits per heavy atom. The Bertz CT molecular complexity index is 823. The molecule has 0 fully saturated rings. The van der Waals surface area contributed by atoms with Crippen molar-refractivity contribution in [1.82, 2.24) is 5.32 Å². The lowest BCUT2D eigenvalue weighted by molar-refractivity contribution is 0.0980. The van der Waals surface area contributed by atoms with Crippen molar-refractivity contribution in [3.8, 4) is 0 Å². The fraction of sp³-hybridized carbons (Fsp3) is 0.222. The number of nitrogens with one attached hydrogen (secondary N) is 1. The van der Waals surface area contributed by atoms with Gasteiger partial charge in [0.25, 0.3) is 0 Å². The zero-order valence-electron chi connectivity index (χ0n) is 13.1. The van der Waals surface area contributed by atoms with Gasteiger partial charge in [0, 0.05) is 28.5 Å². The zero-order valence-corrected chi connectivity index (χ0v) is 13.1. The Morgan fingerprint density at radius 3 is 2.13 bits per heavy atom. The highest BCUT2D eigenvalue weighted by atomic mass is 16.1. The average molecular weight is 309 g/mol. The topological polar surface area (TPSA) is 98.2 Å². The monoisotopic (exact) mass is 309 g/mol. The van der Waals surface area contributed by atoms with Crippen LogP contribution in [0.4, 0.5) is 11.4 Å². The number of hydrogen-bond donors (Lipinski definition) is 3. The van der Waals surface area contributed by atoms with Crippen LogP contribution in [0.1, 0.15) is 56.8 Å². The maximum Gasteiger partial charge on any atom is 0.196 e. The van der Waals surface area contributed by atoms with E-state index in [-0.39, 0.29) is 28.7 Å². The number of carbonyl (C=O) groups excluding carboxylic acids is 2. The first-order valence-corrected chi connectivity index (χ1v) is 7.58. The lowest BCUT2D eigenvalue weighted by atomic mass is 9.80. The zero-order chi connectivity index (χ0) is 16.7. The van der Waals surface area contributed by atoms with Gasteiger partial charge in [-0.1, -0.05) is 31.2 Å². The number of hydrogen-bond acceptors (Lipinski definition) is 5. The maximum atomic E-state index is 12.9. The number of rotatable bonds is 3. The highest BCUT2D eigenvalue weighted by molar-refractivity contribution is 6.31. The number of anilines is 2. The van der Waals surface area contributed by atoms with Gasteiger partial charge in [-0.2, -0.15) is 0 Å². The molecule has 0 saturated heterocycles. The Morgan fingerprint density at radius 2 is 1.61 bits per heavy atom. The number of fused-ring (bicyclic) bond motifs is 2. The number of ketones is 2. The van der Waals surface area contributed by atoms with Crippen LogP contribution in [0.15, 0.2) is 30.3 Å². The molecule has 1 aliphatic rings. The summed E-state index contributed by atoms with van der Waals surface area (Å²) in [5, 5.41) is 3.16. The first-order valence-electron chi connectivity index (χ1n) is 7.58. The molecule has 23 heavy (non-hydrogen) atoms. The van der Waals surface area contributed by atoms with Crippen LogP contribution in [0.3, 0.4) is 0 Å². The molecule has 0 aliphatic heterocycles. The Kier molecular flexibility index (Phi) is 3.66. The van der Waals surface area contributed by atoms with Crippen molar-refractivity contribution in [3.05, 3.63) is 58.1 Å². The van der Waals surface area contributed by atoms with Crippen molar-refractivity contribution in [2.24, 2.45) is 0 Å². The summed E-state index contributed by atoms with van der Waals surface area (Å²) in [6.45, 7) is 2.01. The molecular formula is C18H19N3O2. The molecule has 118 valence electrons. The molecule has 1 atom stereocenters. The Labute approximate surface area is 134 Å². The summed E-state index contributed by atoms with van der Waals surface area (Å²) in [5.41, 5.74) is 15.0. The van der Waals surface area contributed by atoms with E-state index >= 15 is 0 Å². The van der Waals surface area contributed by atoms with E-state index < -0.39 is 0 Å². The molecule has 2 aromatic rings. The second kappa shape index (κ2) is 5.52. The molecule has 0 heterocycles. The quantitative estimate of drug-likeness (QED) is 0.645. The van der Waals surface area contributed by atoms with Gasteiger partial charge < -0.3 is 16.8 Å². The van der Waals surface area contributed by atoms with Crippen LogP contribution in [-0.2, 0) is 0 Å². The second-order valence-corrected chi connectivity index (χ2v) is 5.67. The van der Waals surface area contributed by atoms with Gasteiger partial charge in [-0.05, 0) is 25.1 Å². The molecule has 5 nitrogen and oxygen atoms in total. The van der Waals surface area contributed by atoms with Gasteiger partial charge in [-0.15, -0.1) is 0 Å². The number of benzene rings is 2. The van der Waals surface area contributed by atoms with Crippen LogP contribution in [0.2, 0.25) is 0 Å². The summed E-state index contributed by atoms with van der Waals surface area (Å²) >= 11 is 0. The van der Waals surface area contributed by atoms with E-state index in [1.54, 1.807) is 30.3 Å². The molecule has 1 aliphatic carbocycles. The van der Waals surface area contributed by atoms with Gasteiger partial charge in [0.2, 0.25) is 0 Å². The van der Waals surface area contributed by atoms with Gasteiger partial charge in [-0.25, -0.2) is 0 Å². The molecule has 0 amide bonds. The van der Waals surface area contributed by atoms with E-state index in [0.29, 0.717) is 22.5 Å². The normalized spacial score (nSPS) is 14.3. The van der Waals surface area contributed by atoms with Crippen LogP contribution in [-0.4, -0.2) is 18.6 Å². The highest BCUT2D eigenvalue weighted by Gasteiger charge is 2.34. The van der Waals surface area contributed by atoms with Crippen LogP contribution >= 0.6 is 0 Å². The van der Waals surface area contributed by atoms with Crippen molar-refractivity contribution < 1.29 is 9.59 Å². The smallest absolute Gasteiger partial charge is 0.196 e. The van der Waals surface area contributed by atoms with E-state index in [1.807, 2.05) is 14.0 Å². The molecule has 0 saturated carbocycles. The SMILES string of the molecule is CCC(NC)c1cc(N)c2c(c1N)C(=O)c1ccccc1C2=O. The second-order valence-electron chi connectivity index (χ2n) is 5.67. The minimum atomic E-state index is -0.247. The highest BCUT2D eigenvalue weighted by Crippen LogP contribution is 2.38. The number of nitrogens with two attached hydrogens (primary N) is 2. The van der Waals surface area contributed by atoms with Gasteiger partial charge in [0.15, 0.2) is 11.6 Å². The summed E-state index contributed by atoms with van der Waals surface area (Å²) in [6.07, 6.45) is 0.789. The molecule has 0 aromatic heterocycles. The van der Waals surface area contributed by atoms with Crippen LogP contribution in [0, 0.1) is 0 Å². The molecule has 0 radical (unpaired) electrons. The molecule has 2 aromatic carbocycles. The van der Waals surface area contributed by atoms with Gasteiger partial charge >= 0.3 is 0 Å². The number of nitrogen functional groups attached to an aromatic ring is 2. The average Bonchev–Trinajstić information content (AvgIpc) is 2.56. The van der Waals surface area contributed by atoms with E-state index in [0.717, 1.165) is 12.0 Å². The predicted molar refractivity (Wildman–Crippen MR) is 90.7 cm³/mol. The van der Waals surface area contributed by atoms with E-state index in [2.05, 4.69) is 5.32 Å². The predicted octanol–water partition coefficient (Wildman–Crippen LogP) is 2.30. The third kappa shape index (κ3) is 2.12. The fourth-order valence-corrected chi connectivity index (χ4v) is 3.24. The molecule has 1 unspecified atom stereocenters. The van der Waals surface area contributed by atoms with E-state index in [4.69, 9.17) is 11.5 Å². The first kappa shape index (κ1) is 15.2. The molecule has 0 bridgehead atoms. The van der Waals surface area contributed by atoms with Crippen LogP contribution in [0.5, 0.6) is 0 Å². The summed E-state index contributed by atoms with van der Waals surface area (Å²) < 4.78 is 0. The fourth-order valence-electron chi connectivity index (χ4n) is 3.24. The molecule has 5 heteroatoms. The summed E-state index contributed by atoms with van der Waals surface area (Å²) in [4.78, 5) is 25.6. The minimum Gasteiger partial charge on any atom is -0.398 e.